The molecule has 0 bridgehead atoms. The SMILES string of the molecule is O=C(OC1CCOC1=O)c1c2ccccc2c([S+]2CCCC2)c2ccccc12. The Morgan fingerprint density at radius 1 is 0.929 bits per heavy atom. The second kappa shape index (κ2) is 7.13. The number of hydrogen-bond donors (Lipinski definition) is 0. The van der Waals surface area contributed by atoms with Gasteiger partial charge in [-0.1, -0.05) is 36.4 Å². The van der Waals surface area contributed by atoms with Crippen LogP contribution < -0.4 is 0 Å². The van der Waals surface area contributed by atoms with E-state index in [-0.39, 0.29) is 10.9 Å². The van der Waals surface area contributed by atoms with Crippen molar-refractivity contribution in [2.45, 2.75) is 30.3 Å². The van der Waals surface area contributed by atoms with Crippen molar-refractivity contribution in [2.75, 3.05) is 18.1 Å². The van der Waals surface area contributed by atoms with Crippen LogP contribution >= 0.6 is 0 Å². The number of hydrogen-bond acceptors (Lipinski definition) is 4. The Kier molecular flexibility index (Phi) is 4.47. The van der Waals surface area contributed by atoms with Crippen LogP contribution in [-0.4, -0.2) is 36.2 Å². The Balaban J connectivity index is 1.73. The van der Waals surface area contributed by atoms with E-state index >= 15 is 0 Å². The molecule has 5 rings (SSSR count). The minimum absolute atomic E-state index is 0.203. The average Bonchev–Trinajstić information content (AvgIpc) is 3.38. The van der Waals surface area contributed by atoms with E-state index in [0.29, 0.717) is 18.6 Å². The Hall–Kier alpha value is -2.53. The zero-order valence-corrected chi connectivity index (χ0v) is 16.3. The number of rotatable bonds is 3. The largest absolute Gasteiger partial charge is 0.463 e. The molecular weight excluding hydrogens is 372 g/mol. The van der Waals surface area contributed by atoms with E-state index in [9.17, 15) is 9.59 Å². The highest BCUT2D eigenvalue weighted by Crippen LogP contribution is 2.39. The summed E-state index contributed by atoms with van der Waals surface area (Å²) in [5.74, 6) is 1.53. The molecular formula is C23H21O4S+. The second-order valence-corrected chi connectivity index (χ2v) is 9.46. The molecule has 3 aromatic rings. The first-order valence-electron chi connectivity index (χ1n) is 9.72. The first kappa shape index (κ1) is 17.6. The molecule has 2 saturated heterocycles. The Morgan fingerprint density at radius 3 is 2.04 bits per heavy atom. The summed E-state index contributed by atoms with van der Waals surface area (Å²) >= 11 is 0. The molecule has 0 amide bonds. The molecule has 2 heterocycles. The maximum atomic E-state index is 13.2. The van der Waals surface area contributed by atoms with Gasteiger partial charge in [0.25, 0.3) is 0 Å². The molecule has 142 valence electrons. The molecule has 0 radical (unpaired) electrons. The fourth-order valence-electron chi connectivity index (χ4n) is 4.25. The second-order valence-electron chi connectivity index (χ2n) is 7.25. The zero-order valence-electron chi connectivity index (χ0n) is 15.5. The van der Waals surface area contributed by atoms with Crippen LogP contribution in [0.2, 0.25) is 0 Å². The number of esters is 2. The van der Waals surface area contributed by atoms with Gasteiger partial charge in [-0.2, -0.15) is 0 Å². The number of carbonyl (C=O) groups excluding carboxylic acids is 2. The molecule has 0 spiro atoms. The van der Waals surface area contributed by atoms with Gasteiger partial charge in [-0.15, -0.1) is 0 Å². The zero-order chi connectivity index (χ0) is 19.1. The third-order valence-electron chi connectivity index (χ3n) is 5.54. The molecule has 2 aliphatic heterocycles. The van der Waals surface area contributed by atoms with Gasteiger partial charge >= 0.3 is 11.9 Å². The lowest BCUT2D eigenvalue weighted by Gasteiger charge is -2.16. The number of fused-ring (bicyclic) bond motifs is 2. The standard InChI is InChI=1S/C23H21O4S/c24-22-19(11-12-26-22)27-23(25)20-15-7-1-3-9-17(15)21(28-13-5-6-14-28)18-10-4-2-8-16(18)20/h1-4,7-10,19H,5-6,11-14H2/q+1. The Bertz CT molecular complexity index is 1030. The summed E-state index contributed by atoms with van der Waals surface area (Å²) < 4.78 is 10.5. The monoisotopic (exact) mass is 393 g/mol. The van der Waals surface area contributed by atoms with Crippen molar-refractivity contribution < 1.29 is 19.1 Å². The fourth-order valence-corrected chi connectivity index (χ4v) is 6.95. The lowest BCUT2D eigenvalue weighted by molar-refractivity contribution is -0.145. The number of cyclic esters (lactones) is 1. The van der Waals surface area contributed by atoms with E-state index in [1.54, 1.807) is 0 Å². The molecule has 3 aromatic carbocycles. The van der Waals surface area contributed by atoms with Crippen LogP contribution in [0.25, 0.3) is 21.5 Å². The summed E-state index contributed by atoms with van der Waals surface area (Å²) in [6.45, 7) is 0.306. The topological polar surface area (TPSA) is 52.6 Å². The Morgan fingerprint density at radius 2 is 1.50 bits per heavy atom. The summed E-state index contributed by atoms with van der Waals surface area (Å²) in [5.41, 5.74) is 0.553. The number of carbonyl (C=O) groups is 2. The van der Waals surface area contributed by atoms with Crippen molar-refractivity contribution in [2.24, 2.45) is 0 Å². The van der Waals surface area contributed by atoms with E-state index in [1.807, 2.05) is 36.4 Å². The van der Waals surface area contributed by atoms with Crippen LogP contribution in [0.15, 0.2) is 53.4 Å². The maximum Gasteiger partial charge on any atom is 0.347 e. The van der Waals surface area contributed by atoms with Crippen molar-refractivity contribution in [3.63, 3.8) is 0 Å². The lowest BCUT2D eigenvalue weighted by Crippen LogP contribution is -2.23. The molecule has 1 unspecified atom stereocenters. The molecule has 0 aliphatic carbocycles. The van der Waals surface area contributed by atoms with Crippen molar-refractivity contribution in [1.82, 2.24) is 0 Å². The molecule has 2 fully saturated rings. The van der Waals surface area contributed by atoms with Crippen LogP contribution in [0.5, 0.6) is 0 Å². The third-order valence-corrected chi connectivity index (χ3v) is 8.12. The molecule has 1 atom stereocenters. The highest BCUT2D eigenvalue weighted by atomic mass is 32.2. The summed E-state index contributed by atoms with van der Waals surface area (Å²) in [6.07, 6.45) is 2.14. The summed E-state index contributed by atoms with van der Waals surface area (Å²) in [5, 5.41) is 4.08. The van der Waals surface area contributed by atoms with Gasteiger partial charge in [0.1, 0.15) is 11.5 Å². The van der Waals surface area contributed by atoms with Crippen molar-refractivity contribution in [3.05, 3.63) is 54.1 Å². The van der Waals surface area contributed by atoms with E-state index in [4.69, 9.17) is 9.47 Å². The van der Waals surface area contributed by atoms with Gasteiger partial charge in [0.05, 0.1) is 12.2 Å². The Labute approximate surface area is 166 Å². The first-order valence-corrected chi connectivity index (χ1v) is 11.3. The van der Waals surface area contributed by atoms with Crippen molar-refractivity contribution >= 4 is 44.4 Å². The van der Waals surface area contributed by atoms with Gasteiger partial charge in [0, 0.05) is 38.9 Å². The van der Waals surface area contributed by atoms with Crippen molar-refractivity contribution in [1.29, 1.82) is 0 Å². The summed E-state index contributed by atoms with van der Waals surface area (Å²) in [7, 11) is 0.203. The lowest BCUT2D eigenvalue weighted by atomic mass is 9.96. The van der Waals surface area contributed by atoms with E-state index in [2.05, 4.69) is 12.1 Å². The van der Waals surface area contributed by atoms with Gasteiger partial charge in [-0.05, 0) is 25.0 Å². The van der Waals surface area contributed by atoms with Crippen LogP contribution in [0.1, 0.15) is 29.6 Å². The molecule has 5 heteroatoms. The maximum absolute atomic E-state index is 13.2. The summed E-state index contributed by atoms with van der Waals surface area (Å²) in [4.78, 5) is 26.4. The fraction of sp³-hybridized carbons (Fsp3) is 0.304. The van der Waals surface area contributed by atoms with E-state index in [0.717, 1.165) is 21.5 Å². The van der Waals surface area contributed by atoms with E-state index < -0.39 is 18.0 Å². The normalized spacial score (nSPS) is 20.0. The van der Waals surface area contributed by atoms with Crippen LogP contribution in [0, 0.1) is 0 Å². The average molecular weight is 393 g/mol. The molecule has 0 N–H and O–H groups in total. The summed E-state index contributed by atoms with van der Waals surface area (Å²) in [6, 6.07) is 16.2. The van der Waals surface area contributed by atoms with Crippen LogP contribution in [-0.2, 0) is 25.2 Å². The quantitative estimate of drug-likeness (QED) is 0.379. The van der Waals surface area contributed by atoms with Crippen LogP contribution in [0.3, 0.4) is 0 Å². The number of ether oxygens (including phenoxy) is 2. The van der Waals surface area contributed by atoms with Gasteiger partial charge in [0.2, 0.25) is 6.10 Å². The predicted octanol–water partition coefficient (Wildman–Crippen LogP) is 4.24. The minimum Gasteiger partial charge on any atom is -0.463 e. The predicted molar refractivity (Wildman–Crippen MR) is 111 cm³/mol. The highest BCUT2D eigenvalue weighted by molar-refractivity contribution is 7.97. The van der Waals surface area contributed by atoms with Crippen molar-refractivity contribution in [3.8, 4) is 0 Å². The molecule has 2 aliphatic rings. The molecule has 0 saturated carbocycles. The first-order chi connectivity index (χ1) is 13.7. The van der Waals surface area contributed by atoms with Gasteiger partial charge < -0.3 is 9.47 Å². The number of benzene rings is 3. The molecule has 28 heavy (non-hydrogen) atoms. The van der Waals surface area contributed by atoms with Gasteiger partial charge in [-0.25, -0.2) is 9.59 Å². The molecule has 0 aromatic heterocycles. The highest BCUT2D eigenvalue weighted by Gasteiger charge is 2.35. The van der Waals surface area contributed by atoms with Gasteiger partial charge in [0.15, 0.2) is 4.90 Å². The van der Waals surface area contributed by atoms with Gasteiger partial charge in [-0.3, -0.25) is 0 Å². The third kappa shape index (κ3) is 2.85. The van der Waals surface area contributed by atoms with E-state index in [1.165, 1.54) is 29.2 Å². The minimum atomic E-state index is -0.804. The van der Waals surface area contributed by atoms with Crippen LogP contribution in [0.4, 0.5) is 0 Å². The molecule has 4 nitrogen and oxygen atoms in total. The smallest absolute Gasteiger partial charge is 0.347 e.